The summed E-state index contributed by atoms with van der Waals surface area (Å²) in [6.45, 7) is 0.520. The summed E-state index contributed by atoms with van der Waals surface area (Å²) in [6, 6.07) is 11.3. The van der Waals surface area contributed by atoms with Gasteiger partial charge in [0.1, 0.15) is 11.8 Å². The second-order valence-corrected chi connectivity index (χ2v) is 4.05. The summed E-state index contributed by atoms with van der Waals surface area (Å²) in [5.41, 5.74) is 2.17. The Kier molecular flexibility index (Phi) is 4.40. The number of nitrogens with one attached hydrogen (secondary N) is 1. The van der Waals surface area contributed by atoms with E-state index in [-0.39, 0.29) is 0 Å². The van der Waals surface area contributed by atoms with Gasteiger partial charge in [-0.3, -0.25) is 0 Å². The molecule has 0 amide bonds. The third-order valence-electron chi connectivity index (χ3n) is 2.86. The van der Waals surface area contributed by atoms with Crippen molar-refractivity contribution in [1.82, 2.24) is 4.98 Å². The Morgan fingerprint density at radius 3 is 2.70 bits per heavy atom. The summed E-state index contributed by atoms with van der Waals surface area (Å²) in [7, 11) is 3.19. The molecule has 5 heteroatoms. The Hall–Kier alpha value is -2.74. The number of methoxy groups -OCH3 is 2. The third-order valence-corrected chi connectivity index (χ3v) is 2.86. The standard InChI is InChI=1S/C15H15N3O2/c1-19-14-6-5-12(8-15(14)20-2)18-10-11-4-3-7-17-13(11)9-16/h3-8,18H,10H2,1-2H3. The lowest BCUT2D eigenvalue weighted by molar-refractivity contribution is 0.355. The number of hydrogen-bond acceptors (Lipinski definition) is 5. The van der Waals surface area contributed by atoms with Crippen LogP contribution in [0.25, 0.3) is 0 Å². The number of anilines is 1. The number of nitrogens with zero attached hydrogens (tertiary/aromatic N) is 2. The smallest absolute Gasteiger partial charge is 0.162 e. The van der Waals surface area contributed by atoms with Crippen molar-refractivity contribution < 1.29 is 9.47 Å². The zero-order valence-corrected chi connectivity index (χ0v) is 11.4. The molecule has 5 nitrogen and oxygen atoms in total. The predicted octanol–water partition coefficient (Wildman–Crippen LogP) is 2.58. The summed E-state index contributed by atoms with van der Waals surface area (Å²) in [5.74, 6) is 1.33. The zero-order chi connectivity index (χ0) is 14.4. The molecule has 0 saturated heterocycles. The highest BCUT2D eigenvalue weighted by Gasteiger charge is 2.06. The summed E-state index contributed by atoms with van der Waals surface area (Å²) in [5, 5.41) is 12.2. The monoisotopic (exact) mass is 269 g/mol. The van der Waals surface area contributed by atoms with E-state index in [0.717, 1.165) is 11.3 Å². The van der Waals surface area contributed by atoms with Gasteiger partial charge in [-0.15, -0.1) is 0 Å². The fourth-order valence-electron chi connectivity index (χ4n) is 1.83. The molecule has 0 aliphatic carbocycles. The first-order valence-electron chi connectivity index (χ1n) is 6.08. The van der Waals surface area contributed by atoms with E-state index >= 15 is 0 Å². The number of nitriles is 1. The molecule has 0 aliphatic rings. The fraction of sp³-hybridized carbons (Fsp3) is 0.200. The molecule has 2 aromatic rings. The van der Waals surface area contributed by atoms with Crippen molar-refractivity contribution >= 4 is 5.69 Å². The molecule has 1 N–H and O–H groups in total. The van der Waals surface area contributed by atoms with Gasteiger partial charge >= 0.3 is 0 Å². The van der Waals surface area contributed by atoms with E-state index in [2.05, 4.69) is 16.4 Å². The van der Waals surface area contributed by atoms with Crippen molar-refractivity contribution in [2.24, 2.45) is 0 Å². The maximum atomic E-state index is 8.99. The van der Waals surface area contributed by atoms with Crippen molar-refractivity contribution in [3.05, 3.63) is 47.8 Å². The lowest BCUT2D eigenvalue weighted by Gasteiger charge is -2.11. The Bertz CT molecular complexity index is 635. The second-order valence-electron chi connectivity index (χ2n) is 4.05. The number of benzene rings is 1. The molecule has 0 spiro atoms. The van der Waals surface area contributed by atoms with Gasteiger partial charge in [0, 0.05) is 30.1 Å². The number of pyridine rings is 1. The van der Waals surface area contributed by atoms with Crippen molar-refractivity contribution in [3.63, 3.8) is 0 Å². The van der Waals surface area contributed by atoms with E-state index in [4.69, 9.17) is 14.7 Å². The van der Waals surface area contributed by atoms with Crippen molar-refractivity contribution in [1.29, 1.82) is 5.26 Å². The SMILES string of the molecule is COc1ccc(NCc2cccnc2C#N)cc1OC. The molecule has 0 atom stereocenters. The van der Waals surface area contributed by atoms with E-state index in [1.54, 1.807) is 20.4 Å². The van der Waals surface area contributed by atoms with Crippen LogP contribution in [0.3, 0.4) is 0 Å². The minimum atomic E-state index is 0.431. The fourth-order valence-corrected chi connectivity index (χ4v) is 1.83. The van der Waals surface area contributed by atoms with Crippen LogP contribution in [0.2, 0.25) is 0 Å². The molecule has 0 fully saturated rings. The van der Waals surface area contributed by atoms with Crippen LogP contribution in [0.4, 0.5) is 5.69 Å². The molecule has 102 valence electrons. The van der Waals surface area contributed by atoms with E-state index in [1.165, 1.54) is 0 Å². The van der Waals surface area contributed by atoms with Crippen LogP contribution < -0.4 is 14.8 Å². The molecule has 1 aromatic heterocycles. The van der Waals surface area contributed by atoms with Gasteiger partial charge in [0.2, 0.25) is 0 Å². The van der Waals surface area contributed by atoms with Crippen molar-refractivity contribution in [3.8, 4) is 17.6 Å². The Labute approximate surface area is 117 Å². The van der Waals surface area contributed by atoms with Crippen molar-refractivity contribution in [2.45, 2.75) is 6.54 Å². The van der Waals surface area contributed by atoms with Gasteiger partial charge in [0.15, 0.2) is 11.5 Å². The number of hydrogen-bond donors (Lipinski definition) is 1. The molecule has 0 radical (unpaired) electrons. The van der Waals surface area contributed by atoms with Crippen LogP contribution in [0, 0.1) is 11.3 Å². The van der Waals surface area contributed by atoms with Gasteiger partial charge in [-0.05, 0) is 18.2 Å². The zero-order valence-electron chi connectivity index (χ0n) is 11.4. The molecule has 0 saturated carbocycles. The predicted molar refractivity (Wildman–Crippen MR) is 75.8 cm³/mol. The highest BCUT2D eigenvalue weighted by atomic mass is 16.5. The topological polar surface area (TPSA) is 67.2 Å². The molecular weight excluding hydrogens is 254 g/mol. The van der Waals surface area contributed by atoms with E-state index in [0.29, 0.717) is 23.7 Å². The molecular formula is C15H15N3O2. The first kappa shape index (κ1) is 13.7. The molecule has 0 aliphatic heterocycles. The van der Waals surface area contributed by atoms with E-state index in [1.807, 2.05) is 30.3 Å². The first-order valence-corrected chi connectivity index (χ1v) is 6.08. The van der Waals surface area contributed by atoms with E-state index < -0.39 is 0 Å². The molecule has 2 rings (SSSR count). The van der Waals surface area contributed by atoms with Crippen LogP contribution in [-0.4, -0.2) is 19.2 Å². The van der Waals surface area contributed by atoms with Crippen LogP contribution >= 0.6 is 0 Å². The van der Waals surface area contributed by atoms with Crippen LogP contribution in [0.1, 0.15) is 11.3 Å². The maximum Gasteiger partial charge on any atom is 0.162 e. The summed E-state index contributed by atoms with van der Waals surface area (Å²) >= 11 is 0. The van der Waals surface area contributed by atoms with Gasteiger partial charge in [-0.25, -0.2) is 4.98 Å². The average Bonchev–Trinajstić information content (AvgIpc) is 2.52. The number of rotatable bonds is 5. The van der Waals surface area contributed by atoms with Gasteiger partial charge in [-0.2, -0.15) is 5.26 Å². The van der Waals surface area contributed by atoms with Gasteiger partial charge in [0.25, 0.3) is 0 Å². The van der Waals surface area contributed by atoms with Crippen LogP contribution in [-0.2, 0) is 6.54 Å². The lowest BCUT2D eigenvalue weighted by Crippen LogP contribution is -2.03. The summed E-state index contributed by atoms with van der Waals surface area (Å²) < 4.78 is 10.4. The molecule has 20 heavy (non-hydrogen) atoms. The van der Waals surface area contributed by atoms with Crippen LogP contribution in [0.15, 0.2) is 36.5 Å². The van der Waals surface area contributed by atoms with Gasteiger partial charge in [-0.1, -0.05) is 6.07 Å². The number of ether oxygens (including phenoxy) is 2. The average molecular weight is 269 g/mol. The minimum absolute atomic E-state index is 0.431. The minimum Gasteiger partial charge on any atom is -0.493 e. The highest BCUT2D eigenvalue weighted by Crippen LogP contribution is 2.29. The normalized spacial score (nSPS) is 9.65. The largest absolute Gasteiger partial charge is 0.493 e. The molecule has 1 heterocycles. The Balaban J connectivity index is 2.13. The Morgan fingerprint density at radius 2 is 2.00 bits per heavy atom. The third kappa shape index (κ3) is 2.98. The number of aromatic nitrogens is 1. The summed E-state index contributed by atoms with van der Waals surface area (Å²) in [6.07, 6.45) is 1.61. The second kappa shape index (κ2) is 6.43. The molecule has 0 unspecified atom stereocenters. The highest BCUT2D eigenvalue weighted by molar-refractivity contribution is 5.55. The van der Waals surface area contributed by atoms with Gasteiger partial charge in [0.05, 0.1) is 14.2 Å². The van der Waals surface area contributed by atoms with Gasteiger partial charge < -0.3 is 14.8 Å². The first-order chi connectivity index (χ1) is 9.78. The van der Waals surface area contributed by atoms with Crippen LogP contribution in [0.5, 0.6) is 11.5 Å². The lowest BCUT2D eigenvalue weighted by atomic mass is 10.2. The quantitative estimate of drug-likeness (QED) is 0.903. The molecule has 0 bridgehead atoms. The maximum absolute atomic E-state index is 8.99. The summed E-state index contributed by atoms with van der Waals surface area (Å²) in [4.78, 5) is 4.02. The van der Waals surface area contributed by atoms with Crippen molar-refractivity contribution in [2.75, 3.05) is 19.5 Å². The van der Waals surface area contributed by atoms with E-state index in [9.17, 15) is 0 Å². The molecule has 1 aromatic carbocycles. The Morgan fingerprint density at radius 1 is 1.20 bits per heavy atom.